The number of hydrogen-bond acceptors (Lipinski definition) is 6. The molecule has 136 valence electrons. The lowest BCUT2D eigenvalue weighted by molar-refractivity contribution is 0.300. The molecule has 0 aromatic carbocycles. The van der Waals surface area contributed by atoms with E-state index in [1.807, 2.05) is 25.1 Å². The van der Waals surface area contributed by atoms with Gasteiger partial charge in [0.05, 0.1) is 17.6 Å². The van der Waals surface area contributed by atoms with Crippen LogP contribution in [-0.2, 0) is 16.4 Å². The number of sulfonamides is 1. The van der Waals surface area contributed by atoms with Gasteiger partial charge in [0.1, 0.15) is 5.01 Å². The Hall–Kier alpha value is -1.35. The topological polar surface area (TPSA) is 83.4 Å². The molecular weight excluding hydrogens is 358 g/mol. The van der Waals surface area contributed by atoms with Gasteiger partial charge in [-0.05, 0) is 31.9 Å². The number of nitrogens with zero attached hydrogens (tertiary/aromatic N) is 3. The first-order valence-electron chi connectivity index (χ1n) is 8.38. The molecular formula is C17H23N3O3S2. The number of rotatable bonds is 5. The Balaban J connectivity index is 1.77. The minimum absolute atomic E-state index is 0.120. The number of aryl methyl sites for hydroxylation is 1. The van der Waals surface area contributed by atoms with Crippen LogP contribution in [0.4, 0.5) is 0 Å². The van der Waals surface area contributed by atoms with Gasteiger partial charge in [0.15, 0.2) is 0 Å². The first-order chi connectivity index (χ1) is 11.9. The molecule has 6 nitrogen and oxygen atoms in total. The lowest BCUT2D eigenvalue weighted by Crippen LogP contribution is -2.37. The fourth-order valence-electron chi connectivity index (χ4n) is 3.15. The number of aromatic nitrogens is 2. The summed E-state index contributed by atoms with van der Waals surface area (Å²) < 4.78 is 24.8. The van der Waals surface area contributed by atoms with Crippen molar-refractivity contribution < 1.29 is 13.5 Å². The lowest BCUT2D eigenvalue weighted by Gasteiger charge is -2.29. The molecule has 0 unspecified atom stereocenters. The second-order valence-corrected chi connectivity index (χ2v) is 9.45. The minimum atomic E-state index is -3.11. The number of piperidine rings is 1. The number of aliphatic hydroxyl groups is 1. The Morgan fingerprint density at radius 2 is 2.00 bits per heavy atom. The van der Waals surface area contributed by atoms with E-state index in [-0.39, 0.29) is 12.5 Å². The van der Waals surface area contributed by atoms with Gasteiger partial charge in [0, 0.05) is 42.6 Å². The molecule has 25 heavy (non-hydrogen) atoms. The molecule has 0 aliphatic carbocycles. The third kappa shape index (κ3) is 4.25. The Kier molecular flexibility index (Phi) is 5.52. The third-order valence-corrected chi connectivity index (χ3v) is 7.11. The summed E-state index contributed by atoms with van der Waals surface area (Å²) >= 11 is 1.58. The van der Waals surface area contributed by atoms with E-state index in [0.717, 1.165) is 39.8 Å². The highest BCUT2D eigenvalue weighted by Crippen LogP contribution is 2.31. The molecule has 1 aliphatic rings. The normalized spacial score (nSPS) is 17.1. The largest absolute Gasteiger partial charge is 0.396 e. The van der Waals surface area contributed by atoms with E-state index in [1.54, 1.807) is 15.6 Å². The van der Waals surface area contributed by atoms with E-state index < -0.39 is 10.0 Å². The Labute approximate surface area is 152 Å². The zero-order valence-corrected chi connectivity index (χ0v) is 16.1. The summed E-state index contributed by atoms with van der Waals surface area (Å²) in [6.07, 6.45) is 3.46. The van der Waals surface area contributed by atoms with Gasteiger partial charge in [-0.3, -0.25) is 4.98 Å². The van der Waals surface area contributed by atoms with Crippen molar-refractivity contribution in [2.45, 2.75) is 32.1 Å². The number of aliphatic hydroxyl groups excluding tert-OH is 1. The van der Waals surface area contributed by atoms with Gasteiger partial charge in [0.25, 0.3) is 0 Å². The lowest BCUT2D eigenvalue weighted by atomic mass is 9.94. The highest BCUT2D eigenvalue weighted by Gasteiger charge is 2.26. The molecule has 1 saturated heterocycles. The average molecular weight is 382 g/mol. The molecule has 2 aromatic heterocycles. The second kappa shape index (κ2) is 7.49. The molecule has 3 heterocycles. The van der Waals surface area contributed by atoms with Crippen molar-refractivity contribution in [3.8, 4) is 10.7 Å². The third-order valence-electron chi connectivity index (χ3n) is 4.56. The predicted molar refractivity (Wildman–Crippen MR) is 99.3 cm³/mol. The molecule has 8 heteroatoms. The second-order valence-electron chi connectivity index (χ2n) is 6.39. The first-order valence-corrected chi connectivity index (χ1v) is 11.0. The van der Waals surface area contributed by atoms with Crippen molar-refractivity contribution >= 4 is 21.4 Å². The summed E-state index contributed by atoms with van der Waals surface area (Å²) in [5.41, 5.74) is 2.80. The van der Waals surface area contributed by atoms with E-state index in [1.165, 1.54) is 6.26 Å². The van der Waals surface area contributed by atoms with Gasteiger partial charge in [-0.25, -0.2) is 17.7 Å². The van der Waals surface area contributed by atoms with Crippen molar-refractivity contribution in [1.29, 1.82) is 0 Å². The molecule has 3 rings (SSSR count). The van der Waals surface area contributed by atoms with Crippen molar-refractivity contribution in [3.05, 3.63) is 34.5 Å². The summed E-state index contributed by atoms with van der Waals surface area (Å²) in [6.45, 7) is 3.17. The van der Waals surface area contributed by atoms with Crippen LogP contribution in [0.3, 0.4) is 0 Å². The maximum atomic E-state index is 11.6. The van der Waals surface area contributed by atoms with Crippen LogP contribution in [0, 0.1) is 6.92 Å². The van der Waals surface area contributed by atoms with Crippen LogP contribution in [0.2, 0.25) is 0 Å². The Morgan fingerprint density at radius 1 is 1.28 bits per heavy atom. The monoisotopic (exact) mass is 381 g/mol. The van der Waals surface area contributed by atoms with Gasteiger partial charge >= 0.3 is 0 Å². The standard InChI is InChI=1S/C17H23N3O3S2/c1-12-16(8-11-21)24-17(18-12)15-5-3-4-14(19-15)13-6-9-20(10-7-13)25(2,22)23/h3-5,13,21H,6-11H2,1-2H3. The van der Waals surface area contributed by atoms with Crippen LogP contribution >= 0.6 is 11.3 Å². The molecule has 0 radical (unpaired) electrons. The van der Waals surface area contributed by atoms with Gasteiger partial charge < -0.3 is 5.11 Å². The molecule has 0 saturated carbocycles. The fraction of sp³-hybridized carbons (Fsp3) is 0.529. The van der Waals surface area contributed by atoms with Crippen molar-refractivity contribution in [1.82, 2.24) is 14.3 Å². The molecule has 0 amide bonds. The van der Waals surface area contributed by atoms with E-state index in [0.29, 0.717) is 19.5 Å². The predicted octanol–water partition coefficient (Wildman–Crippen LogP) is 2.19. The molecule has 0 spiro atoms. The van der Waals surface area contributed by atoms with Crippen molar-refractivity contribution in [2.24, 2.45) is 0 Å². The van der Waals surface area contributed by atoms with E-state index >= 15 is 0 Å². The summed E-state index contributed by atoms with van der Waals surface area (Å²) in [5, 5.41) is 10.0. The summed E-state index contributed by atoms with van der Waals surface area (Å²) in [6, 6.07) is 5.96. The van der Waals surface area contributed by atoms with E-state index in [2.05, 4.69) is 4.98 Å². The van der Waals surface area contributed by atoms with Crippen molar-refractivity contribution in [2.75, 3.05) is 26.0 Å². The number of hydrogen-bond donors (Lipinski definition) is 1. The van der Waals surface area contributed by atoms with Crippen LogP contribution in [-0.4, -0.2) is 53.7 Å². The van der Waals surface area contributed by atoms with Crippen LogP contribution in [0.15, 0.2) is 18.2 Å². The molecule has 2 aromatic rings. The van der Waals surface area contributed by atoms with Gasteiger partial charge in [-0.1, -0.05) is 6.07 Å². The van der Waals surface area contributed by atoms with E-state index in [4.69, 9.17) is 10.1 Å². The average Bonchev–Trinajstić information content (AvgIpc) is 2.96. The number of pyridine rings is 1. The van der Waals surface area contributed by atoms with Gasteiger partial charge in [-0.15, -0.1) is 11.3 Å². The Morgan fingerprint density at radius 3 is 2.64 bits per heavy atom. The van der Waals surface area contributed by atoms with Gasteiger partial charge in [-0.2, -0.15) is 0 Å². The highest BCUT2D eigenvalue weighted by molar-refractivity contribution is 7.88. The Bertz CT molecular complexity index is 841. The quantitative estimate of drug-likeness (QED) is 0.858. The molecule has 1 N–H and O–H groups in total. The van der Waals surface area contributed by atoms with Crippen LogP contribution in [0.1, 0.15) is 35.0 Å². The zero-order chi connectivity index (χ0) is 18.0. The maximum Gasteiger partial charge on any atom is 0.211 e. The zero-order valence-electron chi connectivity index (χ0n) is 14.5. The highest BCUT2D eigenvalue weighted by atomic mass is 32.2. The minimum Gasteiger partial charge on any atom is -0.396 e. The SMILES string of the molecule is Cc1nc(-c2cccc(C3CCN(S(C)(=O)=O)CC3)n2)sc1CCO. The smallest absolute Gasteiger partial charge is 0.211 e. The molecule has 0 atom stereocenters. The van der Waals surface area contributed by atoms with Crippen LogP contribution in [0.5, 0.6) is 0 Å². The number of thiazole rings is 1. The van der Waals surface area contributed by atoms with Crippen molar-refractivity contribution in [3.63, 3.8) is 0 Å². The van der Waals surface area contributed by atoms with Crippen LogP contribution in [0.25, 0.3) is 10.7 Å². The summed E-state index contributed by atoms with van der Waals surface area (Å²) in [4.78, 5) is 10.5. The molecule has 1 aliphatic heterocycles. The summed E-state index contributed by atoms with van der Waals surface area (Å²) in [5.74, 6) is 0.274. The first kappa shape index (κ1) is 18.4. The fourth-order valence-corrected chi connectivity index (χ4v) is 5.05. The summed E-state index contributed by atoms with van der Waals surface area (Å²) in [7, 11) is -3.11. The maximum absolute atomic E-state index is 11.6. The van der Waals surface area contributed by atoms with Crippen LogP contribution < -0.4 is 0 Å². The van der Waals surface area contributed by atoms with E-state index in [9.17, 15) is 8.42 Å². The van der Waals surface area contributed by atoms with Gasteiger partial charge in [0.2, 0.25) is 10.0 Å². The molecule has 0 bridgehead atoms. The molecule has 1 fully saturated rings.